The summed E-state index contributed by atoms with van der Waals surface area (Å²) in [4.78, 5) is 12.4. The van der Waals surface area contributed by atoms with Gasteiger partial charge in [0.1, 0.15) is 5.75 Å². The summed E-state index contributed by atoms with van der Waals surface area (Å²) in [6.07, 6.45) is -0.633. The van der Waals surface area contributed by atoms with Crippen LogP contribution in [0.4, 0.5) is 0 Å². The van der Waals surface area contributed by atoms with E-state index in [2.05, 4.69) is 35.7 Å². The Morgan fingerprint density at radius 2 is 1.69 bits per heavy atom. The molecule has 0 aromatic heterocycles. The molecule has 1 N–H and O–H groups in total. The van der Waals surface area contributed by atoms with Gasteiger partial charge in [0.2, 0.25) is 0 Å². The Morgan fingerprint density at radius 1 is 1.00 bits per heavy atom. The number of benzene rings is 3. The van der Waals surface area contributed by atoms with Gasteiger partial charge >= 0.3 is 0 Å². The SMILES string of the molecule is C[C@H](Oc1ccc(C#N)cc1)C(=O)N[C@@H](C)c1ccc2ccccc2c1. The van der Waals surface area contributed by atoms with Crippen molar-refractivity contribution in [3.05, 3.63) is 77.9 Å². The van der Waals surface area contributed by atoms with Gasteiger partial charge < -0.3 is 10.1 Å². The van der Waals surface area contributed by atoms with E-state index in [0.29, 0.717) is 11.3 Å². The van der Waals surface area contributed by atoms with Gasteiger partial charge in [-0.05, 0) is 60.5 Å². The Hall–Kier alpha value is -3.32. The molecule has 130 valence electrons. The van der Waals surface area contributed by atoms with Crippen molar-refractivity contribution in [3.63, 3.8) is 0 Å². The molecule has 26 heavy (non-hydrogen) atoms. The number of amides is 1. The quantitative estimate of drug-likeness (QED) is 0.748. The molecular formula is C22H20N2O2. The minimum absolute atomic E-state index is 0.126. The molecule has 0 saturated carbocycles. The summed E-state index contributed by atoms with van der Waals surface area (Å²) in [5.74, 6) is 0.375. The molecule has 2 atom stereocenters. The van der Waals surface area contributed by atoms with E-state index in [4.69, 9.17) is 10.00 Å². The van der Waals surface area contributed by atoms with Gasteiger partial charge in [-0.3, -0.25) is 4.79 Å². The summed E-state index contributed by atoms with van der Waals surface area (Å²) in [5.41, 5.74) is 1.60. The van der Waals surface area contributed by atoms with Crippen LogP contribution < -0.4 is 10.1 Å². The maximum Gasteiger partial charge on any atom is 0.261 e. The molecule has 4 nitrogen and oxygen atoms in total. The van der Waals surface area contributed by atoms with E-state index in [1.165, 1.54) is 5.39 Å². The Labute approximate surface area is 153 Å². The number of nitriles is 1. The van der Waals surface area contributed by atoms with E-state index in [0.717, 1.165) is 10.9 Å². The van der Waals surface area contributed by atoms with Gasteiger partial charge in [0.15, 0.2) is 6.10 Å². The van der Waals surface area contributed by atoms with Gasteiger partial charge in [-0.2, -0.15) is 5.26 Å². The van der Waals surface area contributed by atoms with Crippen LogP contribution in [-0.2, 0) is 4.79 Å². The first kappa shape index (κ1) is 17.5. The second kappa shape index (κ2) is 7.71. The third-order valence-corrected chi connectivity index (χ3v) is 4.30. The zero-order valence-electron chi connectivity index (χ0n) is 14.8. The summed E-state index contributed by atoms with van der Waals surface area (Å²) >= 11 is 0. The molecule has 0 saturated heterocycles. The minimum atomic E-state index is -0.633. The number of nitrogens with one attached hydrogen (secondary N) is 1. The monoisotopic (exact) mass is 344 g/mol. The molecule has 3 rings (SSSR count). The van der Waals surface area contributed by atoms with E-state index in [9.17, 15) is 4.79 Å². The molecule has 3 aromatic rings. The van der Waals surface area contributed by atoms with E-state index in [1.54, 1.807) is 31.2 Å². The molecule has 0 aliphatic rings. The average molecular weight is 344 g/mol. The molecule has 1 amide bonds. The number of carbonyl (C=O) groups excluding carboxylic acids is 1. The highest BCUT2D eigenvalue weighted by molar-refractivity contribution is 5.84. The zero-order chi connectivity index (χ0) is 18.5. The largest absolute Gasteiger partial charge is 0.481 e. The number of hydrogen-bond donors (Lipinski definition) is 1. The van der Waals surface area contributed by atoms with E-state index in [-0.39, 0.29) is 11.9 Å². The van der Waals surface area contributed by atoms with Crippen LogP contribution in [0.3, 0.4) is 0 Å². The Bertz CT molecular complexity index is 958. The second-order valence-electron chi connectivity index (χ2n) is 6.23. The van der Waals surface area contributed by atoms with Gasteiger partial charge in [-0.1, -0.05) is 36.4 Å². The van der Waals surface area contributed by atoms with Crippen LogP contribution >= 0.6 is 0 Å². The fourth-order valence-electron chi connectivity index (χ4n) is 2.76. The average Bonchev–Trinajstić information content (AvgIpc) is 2.68. The normalized spacial score (nSPS) is 12.8. The molecule has 0 radical (unpaired) electrons. The van der Waals surface area contributed by atoms with E-state index >= 15 is 0 Å². The first-order valence-electron chi connectivity index (χ1n) is 8.53. The summed E-state index contributed by atoms with van der Waals surface area (Å²) in [6, 6.07) is 22.9. The van der Waals surface area contributed by atoms with Gasteiger partial charge in [0, 0.05) is 0 Å². The first-order chi connectivity index (χ1) is 12.6. The summed E-state index contributed by atoms with van der Waals surface area (Å²) in [7, 11) is 0. The fraction of sp³-hybridized carbons (Fsp3) is 0.182. The number of nitrogens with zero attached hydrogens (tertiary/aromatic N) is 1. The van der Waals surface area contributed by atoms with Gasteiger partial charge in [-0.25, -0.2) is 0 Å². The summed E-state index contributed by atoms with van der Waals surface area (Å²) in [6.45, 7) is 3.66. The third-order valence-electron chi connectivity index (χ3n) is 4.30. The highest BCUT2D eigenvalue weighted by atomic mass is 16.5. The Balaban J connectivity index is 1.64. The van der Waals surface area contributed by atoms with Crippen molar-refractivity contribution in [1.82, 2.24) is 5.32 Å². The lowest BCUT2D eigenvalue weighted by atomic mass is 10.0. The maximum atomic E-state index is 12.4. The molecule has 0 aliphatic carbocycles. The van der Waals surface area contributed by atoms with Crippen LogP contribution in [0.25, 0.3) is 10.8 Å². The lowest BCUT2D eigenvalue weighted by molar-refractivity contribution is -0.127. The fourth-order valence-corrected chi connectivity index (χ4v) is 2.76. The van der Waals surface area contributed by atoms with Crippen molar-refractivity contribution in [1.29, 1.82) is 5.26 Å². The zero-order valence-corrected chi connectivity index (χ0v) is 14.8. The minimum Gasteiger partial charge on any atom is -0.481 e. The maximum absolute atomic E-state index is 12.4. The Morgan fingerprint density at radius 3 is 2.38 bits per heavy atom. The van der Waals surface area contributed by atoms with Crippen LogP contribution in [0.1, 0.15) is 31.0 Å². The molecule has 0 unspecified atom stereocenters. The molecule has 0 spiro atoms. The summed E-state index contributed by atoms with van der Waals surface area (Å²) < 4.78 is 5.66. The first-order valence-corrected chi connectivity index (χ1v) is 8.53. The van der Waals surface area contributed by atoms with Crippen LogP contribution in [-0.4, -0.2) is 12.0 Å². The highest BCUT2D eigenvalue weighted by Crippen LogP contribution is 2.20. The topological polar surface area (TPSA) is 62.1 Å². The molecular weight excluding hydrogens is 324 g/mol. The van der Waals surface area contributed by atoms with Crippen molar-refractivity contribution in [2.45, 2.75) is 26.0 Å². The predicted molar refractivity (Wildman–Crippen MR) is 102 cm³/mol. The van der Waals surface area contributed by atoms with Gasteiger partial charge in [-0.15, -0.1) is 0 Å². The third kappa shape index (κ3) is 4.01. The lowest BCUT2D eigenvalue weighted by Gasteiger charge is -2.19. The van der Waals surface area contributed by atoms with Gasteiger partial charge in [0.05, 0.1) is 17.7 Å². The number of fused-ring (bicyclic) bond motifs is 1. The molecule has 3 aromatic carbocycles. The van der Waals surface area contributed by atoms with E-state index < -0.39 is 6.10 Å². The standard InChI is InChI=1S/C22H20N2O2/c1-15(19-10-9-18-5-3-4-6-20(18)13-19)24-22(25)16(2)26-21-11-7-17(14-23)8-12-21/h3-13,15-16H,1-2H3,(H,24,25)/t15-,16-/m0/s1. The molecule has 0 aliphatic heterocycles. The smallest absolute Gasteiger partial charge is 0.261 e. The highest BCUT2D eigenvalue weighted by Gasteiger charge is 2.18. The van der Waals surface area contributed by atoms with Crippen molar-refractivity contribution in [3.8, 4) is 11.8 Å². The molecule has 0 fully saturated rings. The number of carbonyl (C=O) groups is 1. The predicted octanol–water partition coefficient (Wildman–Crippen LogP) is 4.36. The van der Waals surface area contributed by atoms with Crippen LogP contribution in [0, 0.1) is 11.3 Å². The van der Waals surface area contributed by atoms with Crippen LogP contribution in [0.5, 0.6) is 5.75 Å². The Kier molecular flexibility index (Phi) is 5.19. The number of hydrogen-bond acceptors (Lipinski definition) is 3. The lowest BCUT2D eigenvalue weighted by Crippen LogP contribution is -2.37. The molecule has 0 bridgehead atoms. The van der Waals surface area contributed by atoms with Crippen molar-refractivity contribution >= 4 is 16.7 Å². The summed E-state index contributed by atoms with van der Waals surface area (Å²) in [5, 5.41) is 14.1. The van der Waals surface area contributed by atoms with Crippen LogP contribution in [0.15, 0.2) is 66.7 Å². The molecule has 0 heterocycles. The second-order valence-corrected chi connectivity index (χ2v) is 6.23. The van der Waals surface area contributed by atoms with Crippen molar-refractivity contribution in [2.75, 3.05) is 0 Å². The van der Waals surface area contributed by atoms with Crippen LogP contribution in [0.2, 0.25) is 0 Å². The number of ether oxygens (including phenoxy) is 1. The van der Waals surface area contributed by atoms with Crippen molar-refractivity contribution < 1.29 is 9.53 Å². The van der Waals surface area contributed by atoms with E-state index in [1.807, 2.05) is 25.1 Å². The molecule has 4 heteroatoms. The van der Waals surface area contributed by atoms with Gasteiger partial charge in [0.25, 0.3) is 5.91 Å². The number of rotatable bonds is 5. The van der Waals surface area contributed by atoms with Crippen molar-refractivity contribution in [2.24, 2.45) is 0 Å².